The van der Waals surface area contributed by atoms with E-state index in [0.717, 1.165) is 0 Å². The number of nitrogens with zero attached hydrogens (tertiary/aromatic N) is 4. The van der Waals surface area contributed by atoms with Crippen molar-refractivity contribution >= 4 is 39.9 Å². The Labute approximate surface area is 164 Å². The number of anilines is 1. The maximum atomic E-state index is 13.1. The van der Waals surface area contributed by atoms with Crippen molar-refractivity contribution < 1.29 is 14.5 Å². The zero-order chi connectivity index (χ0) is 19.7. The molecule has 4 rings (SSSR count). The first kappa shape index (κ1) is 18.3. The number of morpholine rings is 1. The van der Waals surface area contributed by atoms with Crippen molar-refractivity contribution in [1.82, 2.24) is 9.97 Å². The lowest BCUT2D eigenvalue weighted by molar-refractivity contribution is -0.384. The SMILES string of the molecule is O=C(c1ccc(Cl)cc1)c1nc2cc([N+](=O)[O-])ccc2nc1N1CCOCC1. The lowest BCUT2D eigenvalue weighted by Gasteiger charge is -2.29. The van der Waals surface area contributed by atoms with E-state index in [4.69, 9.17) is 16.3 Å². The van der Waals surface area contributed by atoms with Gasteiger partial charge in [-0.1, -0.05) is 11.6 Å². The van der Waals surface area contributed by atoms with Crippen LogP contribution in [0.2, 0.25) is 5.02 Å². The Morgan fingerprint density at radius 3 is 2.46 bits per heavy atom. The number of benzene rings is 2. The Morgan fingerprint density at radius 1 is 1.07 bits per heavy atom. The normalized spacial score (nSPS) is 14.2. The van der Waals surface area contributed by atoms with Gasteiger partial charge in [0.15, 0.2) is 11.5 Å². The molecule has 1 aliphatic rings. The van der Waals surface area contributed by atoms with Gasteiger partial charge >= 0.3 is 0 Å². The minimum absolute atomic E-state index is 0.106. The molecule has 1 aromatic heterocycles. The van der Waals surface area contributed by atoms with Crippen LogP contribution >= 0.6 is 11.6 Å². The molecular formula is C19H15ClN4O4. The molecule has 1 saturated heterocycles. The van der Waals surface area contributed by atoms with Crippen LogP contribution in [-0.4, -0.2) is 47.0 Å². The number of ether oxygens (including phenoxy) is 1. The molecule has 8 nitrogen and oxygen atoms in total. The highest BCUT2D eigenvalue weighted by molar-refractivity contribution is 6.30. The Hall–Kier alpha value is -3.10. The molecule has 0 spiro atoms. The second-order valence-electron chi connectivity index (χ2n) is 6.26. The fraction of sp³-hybridized carbons (Fsp3) is 0.211. The summed E-state index contributed by atoms with van der Waals surface area (Å²) in [6.45, 7) is 2.20. The van der Waals surface area contributed by atoms with Gasteiger partial charge in [0, 0.05) is 35.8 Å². The van der Waals surface area contributed by atoms with E-state index in [2.05, 4.69) is 9.97 Å². The van der Waals surface area contributed by atoms with Gasteiger partial charge in [-0.3, -0.25) is 14.9 Å². The number of non-ortho nitro benzene ring substituents is 1. The standard InChI is InChI=1S/C19H15ClN4O4/c20-13-3-1-12(2-4-13)18(25)17-19(23-7-9-28-10-8-23)22-15-6-5-14(24(26)27)11-16(15)21-17/h1-6,11H,7-10H2. The van der Waals surface area contributed by atoms with E-state index < -0.39 is 4.92 Å². The summed E-state index contributed by atoms with van der Waals surface area (Å²) in [5.41, 5.74) is 1.24. The summed E-state index contributed by atoms with van der Waals surface area (Å²) in [6, 6.07) is 10.7. The van der Waals surface area contributed by atoms with Gasteiger partial charge < -0.3 is 9.64 Å². The van der Waals surface area contributed by atoms with E-state index in [0.29, 0.717) is 53.7 Å². The molecule has 2 aromatic carbocycles. The van der Waals surface area contributed by atoms with Gasteiger partial charge in [-0.2, -0.15) is 0 Å². The Bertz CT molecular complexity index is 1070. The third kappa shape index (κ3) is 3.51. The monoisotopic (exact) mass is 398 g/mol. The first-order valence-electron chi connectivity index (χ1n) is 8.62. The fourth-order valence-electron chi connectivity index (χ4n) is 3.03. The number of hydrogen-bond donors (Lipinski definition) is 0. The Kier molecular flexibility index (Phi) is 4.89. The topological polar surface area (TPSA) is 98.5 Å². The molecule has 0 amide bonds. The van der Waals surface area contributed by atoms with Crippen molar-refractivity contribution in [3.63, 3.8) is 0 Å². The molecule has 0 bridgehead atoms. The van der Waals surface area contributed by atoms with Gasteiger partial charge in [-0.05, 0) is 30.3 Å². The smallest absolute Gasteiger partial charge is 0.271 e. The van der Waals surface area contributed by atoms with Crippen LogP contribution < -0.4 is 4.90 Å². The van der Waals surface area contributed by atoms with Crippen LogP contribution in [0.1, 0.15) is 16.1 Å². The molecule has 0 N–H and O–H groups in total. The number of hydrogen-bond acceptors (Lipinski definition) is 7. The zero-order valence-corrected chi connectivity index (χ0v) is 15.4. The summed E-state index contributed by atoms with van der Waals surface area (Å²) >= 11 is 5.92. The number of carbonyl (C=O) groups is 1. The van der Waals surface area contributed by atoms with Gasteiger partial charge in [0.25, 0.3) is 5.69 Å². The van der Waals surface area contributed by atoms with Crippen molar-refractivity contribution in [2.75, 3.05) is 31.2 Å². The average molecular weight is 399 g/mol. The van der Waals surface area contributed by atoms with Crippen molar-refractivity contribution in [3.05, 3.63) is 68.9 Å². The molecule has 1 fully saturated rings. The predicted molar refractivity (Wildman–Crippen MR) is 104 cm³/mol. The highest BCUT2D eigenvalue weighted by atomic mass is 35.5. The van der Waals surface area contributed by atoms with Crippen LogP contribution in [-0.2, 0) is 4.74 Å². The predicted octanol–water partition coefficient (Wildman–Crippen LogP) is 3.26. The van der Waals surface area contributed by atoms with Crippen molar-refractivity contribution in [1.29, 1.82) is 0 Å². The molecule has 0 unspecified atom stereocenters. The Balaban J connectivity index is 1.87. The number of aromatic nitrogens is 2. The molecule has 0 aliphatic carbocycles. The van der Waals surface area contributed by atoms with Gasteiger partial charge in [-0.25, -0.2) is 9.97 Å². The molecule has 0 saturated carbocycles. The van der Waals surface area contributed by atoms with Crippen molar-refractivity contribution in [3.8, 4) is 0 Å². The van der Waals surface area contributed by atoms with E-state index in [-0.39, 0.29) is 17.2 Å². The minimum Gasteiger partial charge on any atom is -0.378 e. The van der Waals surface area contributed by atoms with E-state index >= 15 is 0 Å². The number of rotatable bonds is 4. The van der Waals surface area contributed by atoms with Crippen LogP contribution in [0.4, 0.5) is 11.5 Å². The largest absolute Gasteiger partial charge is 0.378 e. The van der Waals surface area contributed by atoms with Gasteiger partial charge in [-0.15, -0.1) is 0 Å². The second kappa shape index (κ2) is 7.49. The minimum atomic E-state index is -0.502. The lowest BCUT2D eigenvalue weighted by atomic mass is 10.1. The van der Waals surface area contributed by atoms with E-state index in [1.54, 1.807) is 30.3 Å². The third-order valence-electron chi connectivity index (χ3n) is 4.47. The summed E-state index contributed by atoms with van der Waals surface area (Å²) in [7, 11) is 0. The van der Waals surface area contributed by atoms with Crippen molar-refractivity contribution in [2.45, 2.75) is 0 Å². The quantitative estimate of drug-likeness (QED) is 0.378. The summed E-state index contributed by atoms with van der Waals surface area (Å²) in [5, 5.41) is 11.6. The maximum Gasteiger partial charge on any atom is 0.271 e. The number of fused-ring (bicyclic) bond motifs is 1. The number of nitro groups is 1. The van der Waals surface area contributed by atoms with Crippen LogP contribution in [0.3, 0.4) is 0 Å². The highest BCUT2D eigenvalue weighted by Gasteiger charge is 2.24. The van der Waals surface area contributed by atoms with E-state index in [1.165, 1.54) is 12.1 Å². The zero-order valence-electron chi connectivity index (χ0n) is 14.7. The molecular weight excluding hydrogens is 384 g/mol. The van der Waals surface area contributed by atoms with Gasteiger partial charge in [0.1, 0.15) is 0 Å². The number of ketones is 1. The highest BCUT2D eigenvalue weighted by Crippen LogP contribution is 2.26. The molecule has 142 valence electrons. The van der Waals surface area contributed by atoms with Crippen molar-refractivity contribution in [2.24, 2.45) is 0 Å². The fourth-order valence-corrected chi connectivity index (χ4v) is 3.16. The summed E-state index contributed by atoms with van der Waals surface area (Å²) in [6.07, 6.45) is 0. The summed E-state index contributed by atoms with van der Waals surface area (Å²) < 4.78 is 5.38. The third-order valence-corrected chi connectivity index (χ3v) is 4.72. The maximum absolute atomic E-state index is 13.1. The molecule has 28 heavy (non-hydrogen) atoms. The van der Waals surface area contributed by atoms with Crippen LogP contribution in [0.25, 0.3) is 11.0 Å². The first-order valence-corrected chi connectivity index (χ1v) is 9.00. The van der Waals surface area contributed by atoms with Crippen LogP contribution in [0.15, 0.2) is 42.5 Å². The molecule has 3 aromatic rings. The van der Waals surface area contributed by atoms with Crippen LogP contribution in [0.5, 0.6) is 0 Å². The number of carbonyl (C=O) groups excluding carboxylic acids is 1. The number of nitro benzene ring substituents is 1. The van der Waals surface area contributed by atoms with Crippen LogP contribution in [0, 0.1) is 10.1 Å². The van der Waals surface area contributed by atoms with E-state index in [1.807, 2.05) is 4.90 Å². The summed E-state index contributed by atoms with van der Waals surface area (Å²) in [5.74, 6) is 0.128. The number of halogens is 1. The van der Waals surface area contributed by atoms with Gasteiger partial charge in [0.2, 0.25) is 5.78 Å². The van der Waals surface area contributed by atoms with Gasteiger partial charge in [0.05, 0.1) is 29.2 Å². The molecule has 0 radical (unpaired) electrons. The summed E-state index contributed by atoms with van der Waals surface area (Å²) in [4.78, 5) is 34.7. The Morgan fingerprint density at radius 2 is 1.79 bits per heavy atom. The molecule has 2 heterocycles. The first-order chi connectivity index (χ1) is 13.5. The molecule has 1 aliphatic heterocycles. The molecule has 9 heteroatoms. The lowest BCUT2D eigenvalue weighted by Crippen LogP contribution is -2.38. The average Bonchev–Trinajstić information content (AvgIpc) is 2.73. The second-order valence-corrected chi connectivity index (χ2v) is 6.70. The molecule has 0 atom stereocenters. The van der Waals surface area contributed by atoms with E-state index in [9.17, 15) is 14.9 Å².